The molecule has 0 atom stereocenters. The Morgan fingerprint density at radius 1 is 1.18 bits per heavy atom. The first-order valence-electron chi connectivity index (χ1n) is 6.70. The van der Waals surface area contributed by atoms with E-state index in [1.165, 1.54) is 0 Å². The maximum Gasteiger partial charge on any atom is 0.240 e. The Morgan fingerprint density at radius 3 is 2.41 bits per heavy atom. The molecule has 1 heterocycles. The molecule has 2 rings (SSSR count). The molecular weight excluding hydrogens is 326 g/mol. The average Bonchev–Trinajstić information content (AvgIpc) is 2.90. The molecule has 0 bridgehead atoms. The third-order valence-corrected chi connectivity index (χ3v) is 4.45. The number of nitrogens with zero attached hydrogens (tertiary/aromatic N) is 1. The number of rotatable bonds is 7. The number of sulfonamides is 1. The van der Waals surface area contributed by atoms with Gasteiger partial charge in [-0.25, -0.2) is 18.1 Å². The lowest BCUT2D eigenvalue weighted by atomic mass is 10.2. The first-order chi connectivity index (χ1) is 10.0. The van der Waals surface area contributed by atoms with Crippen LogP contribution in [0, 0.1) is 6.92 Å². The second-order valence-corrected chi connectivity index (χ2v) is 6.40. The third kappa shape index (κ3) is 4.81. The van der Waals surface area contributed by atoms with Gasteiger partial charge in [0.05, 0.1) is 4.90 Å². The van der Waals surface area contributed by atoms with E-state index in [-0.39, 0.29) is 17.3 Å². The molecule has 0 aliphatic carbocycles. The normalized spacial score (nSPS) is 11.2. The van der Waals surface area contributed by atoms with Crippen molar-refractivity contribution in [3.63, 3.8) is 0 Å². The topological polar surface area (TPSA) is 84.2 Å². The molecule has 1 aromatic heterocycles. The van der Waals surface area contributed by atoms with Crippen LogP contribution in [0.1, 0.15) is 12.3 Å². The summed E-state index contributed by atoms with van der Waals surface area (Å²) in [5, 5.41) is 2.97. The summed E-state index contributed by atoms with van der Waals surface area (Å²) in [4.78, 5) is 4.45. The van der Waals surface area contributed by atoms with Gasteiger partial charge in [0, 0.05) is 19.0 Å². The van der Waals surface area contributed by atoms with Crippen molar-refractivity contribution < 1.29 is 12.8 Å². The Hall–Kier alpha value is -1.41. The second kappa shape index (κ2) is 8.28. The lowest BCUT2D eigenvalue weighted by Gasteiger charge is -2.07. The van der Waals surface area contributed by atoms with Gasteiger partial charge in [-0.3, -0.25) is 0 Å². The summed E-state index contributed by atoms with van der Waals surface area (Å²) in [7, 11) is -1.62. The predicted molar refractivity (Wildman–Crippen MR) is 87.7 cm³/mol. The lowest BCUT2D eigenvalue weighted by molar-refractivity contribution is 0.521. The van der Waals surface area contributed by atoms with Crippen LogP contribution in [0.3, 0.4) is 0 Å². The minimum Gasteiger partial charge on any atom is -0.449 e. The van der Waals surface area contributed by atoms with Crippen LogP contribution in [0.4, 0.5) is 0 Å². The number of halogens is 1. The Bertz CT molecular complexity index is 684. The molecule has 8 heteroatoms. The number of hydrogen-bond acceptors (Lipinski definition) is 5. The van der Waals surface area contributed by atoms with E-state index >= 15 is 0 Å². The first-order valence-corrected chi connectivity index (χ1v) is 8.18. The van der Waals surface area contributed by atoms with E-state index in [9.17, 15) is 8.42 Å². The quantitative estimate of drug-likeness (QED) is 0.749. The van der Waals surface area contributed by atoms with Gasteiger partial charge in [0.2, 0.25) is 10.0 Å². The average molecular weight is 346 g/mol. The monoisotopic (exact) mass is 345 g/mol. The lowest BCUT2D eigenvalue weighted by Crippen LogP contribution is -2.26. The Morgan fingerprint density at radius 2 is 1.86 bits per heavy atom. The number of benzene rings is 1. The molecule has 0 amide bonds. The standard InChI is InChI=1S/C14H19N3O3S.ClH/c1-11-17-14(10-20-11)12-4-6-13(7-5-12)21(18,19)16-9-3-8-15-2;/h4-7,10,15-16H,3,8-9H2,1-2H3;1H. The van der Waals surface area contributed by atoms with Crippen molar-refractivity contribution in [2.45, 2.75) is 18.2 Å². The Kier molecular flexibility index (Phi) is 7.02. The smallest absolute Gasteiger partial charge is 0.240 e. The highest BCUT2D eigenvalue weighted by Gasteiger charge is 2.13. The largest absolute Gasteiger partial charge is 0.449 e. The molecule has 0 fully saturated rings. The van der Waals surface area contributed by atoms with Gasteiger partial charge in [0.1, 0.15) is 12.0 Å². The van der Waals surface area contributed by atoms with Gasteiger partial charge in [-0.15, -0.1) is 12.4 Å². The van der Waals surface area contributed by atoms with Crippen LogP contribution in [0.25, 0.3) is 11.3 Å². The summed E-state index contributed by atoms with van der Waals surface area (Å²) >= 11 is 0. The van der Waals surface area contributed by atoms with Crippen LogP contribution in [0.15, 0.2) is 39.8 Å². The molecule has 0 spiro atoms. The van der Waals surface area contributed by atoms with Crippen molar-refractivity contribution >= 4 is 22.4 Å². The van der Waals surface area contributed by atoms with Gasteiger partial charge in [-0.1, -0.05) is 12.1 Å². The fourth-order valence-electron chi connectivity index (χ4n) is 1.86. The second-order valence-electron chi connectivity index (χ2n) is 4.63. The number of hydrogen-bond donors (Lipinski definition) is 2. The summed E-state index contributed by atoms with van der Waals surface area (Å²) in [6, 6.07) is 6.58. The maximum atomic E-state index is 12.1. The molecular formula is C14H20ClN3O3S. The van der Waals surface area contributed by atoms with Crippen molar-refractivity contribution in [2.24, 2.45) is 0 Å². The molecule has 122 valence electrons. The van der Waals surface area contributed by atoms with E-state index in [0.29, 0.717) is 18.1 Å². The van der Waals surface area contributed by atoms with Gasteiger partial charge >= 0.3 is 0 Å². The molecule has 0 aliphatic heterocycles. The zero-order valence-corrected chi connectivity index (χ0v) is 14.1. The maximum absolute atomic E-state index is 12.1. The molecule has 6 nitrogen and oxygen atoms in total. The van der Waals surface area contributed by atoms with E-state index in [4.69, 9.17) is 4.42 Å². The van der Waals surface area contributed by atoms with E-state index in [1.807, 2.05) is 7.05 Å². The highest BCUT2D eigenvalue weighted by molar-refractivity contribution is 7.89. The van der Waals surface area contributed by atoms with Crippen molar-refractivity contribution in [1.82, 2.24) is 15.0 Å². The molecule has 0 radical (unpaired) electrons. The van der Waals surface area contributed by atoms with Crippen molar-refractivity contribution in [1.29, 1.82) is 0 Å². The van der Waals surface area contributed by atoms with Gasteiger partial charge in [-0.05, 0) is 32.1 Å². The van der Waals surface area contributed by atoms with Gasteiger partial charge in [-0.2, -0.15) is 0 Å². The van der Waals surface area contributed by atoms with Crippen LogP contribution in [0.2, 0.25) is 0 Å². The SMILES string of the molecule is CNCCCNS(=O)(=O)c1ccc(-c2coc(C)n2)cc1.Cl. The minimum atomic E-state index is -3.46. The third-order valence-electron chi connectivity index (χ3n) is 2.98. The van der Waals surface area contributed by atoms with Crippen LogP contribution in [0.5, 0.6) is 0 Å². The highest BCUT2D eigenvalue weighted by atomic mass is 35.5. The molecule has 0 unspecified atom stereocenters. The van der Waals surface area contributed by atoms with Crippen molar-refractivity contribution in [3.05, 3.63) is 36.4 Å². The van der Waals surface area contributed by atoms with Crippen molar-refractivity contribution in [3.8, 4) is 11.3 Å². The van der Waals surface area contributed by atoms with Gasteiger partial charge < -0.3 is 9.73 Å². The van der Waals surface area contributed by atoms with Crippen LogP contribution in [-0.2, 0) is 10.0 Å². The fraction of sp³-hybridized carbons (Fsp3) is 0.357. The molecule has 1 aromatic carbocycles. The molecule has 0 aliphatic rings. The molecule has 0 saturated heterocycles. The van der Waals surface area contributed by atoms with Crippen LogP contribution >= 0.6 is 12.4 Å². The summed E-state index contributed by atoms with van der Waals surface area (Å²) in [5.74, 6) is 0.577. The summed E-state index contributed by atoms with van der Waals surface area (Å²) in [5.41, 5.74) is 1.51. The predicted octanol–water partition coefficient (Wildman–Crippen LogP) is 1.96. The Balaban J connectivity index is 0.00000242. The first kappa shape index (κ1) is 18.6. The zero-order chi connectivity index (χ0) is 15.3. The van der Waals surface area contributed by atoms with E-state index < -0.39 is 10.0 Å². The molecule has 2 aromatic rings. The highest BCUT2D eigenvalue weighted by Crippen LogP contribution is 2.20. The van der Waals surface area contributed by atoms with Gasteiger partial charge in [0.15, 0.2) is 5.89 Å². The van der Waals surface area contributed by atoms with E-state index in [2.05, 4.69) is 15.0 Å². The summed E-state index contributed by atoms with van der Waals surface area (Å²) in [6.07, 6.45) is 2.29. The summed E-state index contributed by atoms with van der Waals surface area (Å²) < 4.78 is 31.9. The fourth-order valence-corrected chi connectivity index (χ4v) is 2.93. The molecule has 22 heavy (non-hydrogen) atoms. The number of nitrogens with one attached hydrogen (secondary N) is 2. The minimum absolute atomic E-state index is 0. The summed E-state index contributed by atoms with van der Waals surface area (Å²) in [6.45, 7) is 2.94. The van der Waals surface area contributed by atoms with Crippen LogP contribution in [-0.4, -0.2) is 33.5 Å². The van der Waals surface area contributed by atoms with E-state index in [1.54, 1.807) is 37.5 Å². The number of oxazole rings is 1. The van der Waals surface area contributed by atoms with Gasteiger partial charge in [0.25, 0.3) is 0 Å². The number of aryl methyl sites for hydroxylation is 1. The number of aromatic nitrogens is 1. The van der Waals surface area contributed by atoms with Crippen molar-refractivity contribution in [2.75, 3.05) is 20.1 Å². The molecule has 0 saturated carbocycles. The molecule has 2 N–H and O–H groups in total. The van der Waals surface area contributed by atoms with E-state index in [0.717, 1.165) is 18.5 Å². The van der Waals surface area contributed by atoms with Crippen LogP contribution < -0.4 is 10.0 Å². The Labute approximate surface area is 136 Å². The zero-order valence-electron chi connectivity index (χ0n) is 12.5.